The fourth-order valence-electron chi connectivity index (χ4n) is 3.35. The van der Waals surface area contributed by atoms with Crippen molar-refractivity contribution in [2.75, 3.05) is 13.1 Å². The molecule has 0 spiro atoms. The van der Waals surface area contributed by atoms with Crippen molar-refractivity contribution < 1.29 is 18.4 Å². The normalized spacial score (nSPS) is 21.2. The number of likely N-dealkylation sites (tertiary alicyclic amines) is 1. The molecule has 1 aliphatic heterocycles. The van der Waals surface area contributed by atoms with Gasteiger partial charge in [0.1, 0.15) is 11.6 Å². The Morgan fingerprint density at radius 3 is 2.74 bits per heavy atom. The van der Waals surface area contributed by atoms with Gasteiger partial charge in [0, 0.05) is 24.6 Å². The first-order chi connectivity index (χ1) is 11.1. The molecule has 1 aromatic rings. The summed E-state index contributed by atoms with van der Waals surface area (Å²) in [4.78, 5) is 26.6. The Bertz CT molecular complexity index is 669. The van der Waals surface area contributed by atoms with Gasteiger partial charge < -0.3 is 4.90 Å². The summed E-state index contributed by atoms with van der Waals surface area (Å²) in [5.41, 5.74) is 0.597. The number of ketones is 1. The number of halogens is 2. The first-order valence-corrected chi connectivity index (χ1v) is 8.04. The molecule has 23 heavy (non-hydrogen) atoms. The monoisotopic (exact) mass is 319 g/mol. The van der Waals surface area contributed by atoms with E-state index < -0.39 is 23.3 Å². The molecule has 0 aromatic heterocycles. The summed E-state index contributed by atoms with van der Waals surface area (Å²) in [5.74, 6) is -2.24. The van der Waals surface area contributed by atoms with Gasteiger partial charge in [-0.1, -0.05) is 6.08 Å². The fourth-order valence-corrected chi connectivity index (χ4v) is 3.35. The number of hydrogen-bond donors (Lipinski definition) is 0. The van der Waals surface area contributed by atoms with E-state index in [4.69, 9.17) is 0 Å². The van der Waals surface area contributed by atoms with Gasteiger partial charge in [0.15, 0.2) is 5.78 Å². The minimum Gasteiger partial charge on any atom is -0.338 e. The number of piperidine rings is 1. The number of amides is 1. The van der Waals surface area contributed by atoms with Crippen LogP contribution >= 0.6 is 0 Å². The Balaban J connectivity index is 1.74. The molecule has 3 rings (SSSR count). The summed E-state index contributed by atoms with van der Waals surface area (Å²) in [6, 6.07) is 2.91. The zero-order valence-electron chi connectivity index (χ0n) is 12.9. The van der Waals surface area contributed by atoms with E-state index in [-0.39, 0.29) is 18.0 Å². The van der Waals surface area contributed by atoms with Gasteiger partial charge in [0.2, 0.25) is 5.91 Å². The maximum atomic E-state index is 13.8. The van der Waals surface area contributed by atoms with Crippen LogP contribution in [0.3, 0.4) is 0 Å². The first-order valence-electron chi connectivity index (χ1n) is 8.04. The van der Waals surface area contributed by atoms with Crippen molar-refractivity contribution in [2.24, 2.45) is 5.92 Å². The van der Waals surface area contributed by atoms with Crippen molar-refractivity contribution >= 4 is 11.7 Å². The minimum atomic E-state index is -0.710. The average molecular weight is 319 g/mol. The number of carbonyl (C=O) groups excluding carboxylic acids is 2. The molecule has 3 nitrogen and oxygen atoms in total. The van der Waals surface area contributed by atoms with Crippen molar-refractivity contribution in [3.63, 3.8) is 0 Å². The van der Waals surface area contributed by atoms with Crippen molar-refractivity contribution in [3.8, 4) is 0 Å². The lowest BCUT2D eigenvalue weighted by Gasteiger charge is -2.32. The van der Waals surface area contributed by atoms with Gasteiger partial charge in [-0.25, -0.2) is 8.78 Å². The Labute approximate surface area is 134 Å². The number of benzene rings is 1. The molecule has 0 N–H and O–H groups in total. The number of nitrogens with zero attached hydrogens (tertiary/aromatic N) is 1. The van der Waals surface area contributed by atoms with Crippen LogP contribution in [0.15, 0.2) is 29.8 Å². The van der Waals surface area contributed by atoms with E-state index in [0.29, 0.717) is 19.4 Å². The molecule has 1 fully saturated rings. The smallest absolute Gasteiger partial charge is 0.249 e. The highest BCUT2D eigenvalue weighted by Crippen LogP contribution is 2.26. The minimum absolute atomic E-state index is 0.0142. The SMILES string of the molecule is O=C(c1cc(F)ccc1F)[C@@H]1CCCN(C(=O)C2=CCCC2)C1. The van der Waals surface area contributed by atoms with E-state index in [0.717, 1.165) is 43.0 Å². The Morgan fingerprint density at radius 2 is 2.00 bits per heavy atom. The quantitative estimate of drug-likeness (QED) is 0.800. The van der Waals surface area contributed by atoms with Crippen molar-refractivity contribution in [1.82, 2.24) is 4.90 Å². The molecule has 1 aromatic carbocycles. The Kier molecular flexibility index (Phi) is 4.55. The van der Waals surface area contributed by atoms with Crippen LogP contribution in [0.4, 0.5) is 8.78 Å². The third kappa shape index (κ3) is 3.33. The van der Waals surface area contributed by atoms with Crippen LogP contribution in [0.5, 0.6) is 0 Å². The second-order valence-electron chi connectivity index (χ2n) is 6.20. The van der Waals surface area contributed by atoms with Crippen molar-refractivity contribution in [2.45, 2.75) is 32.1 Å². The van der Waals surface area contributed by atoms with Gasteiger partial charge in [-0.3, -0.25) is 9.59 Å². The topological polar surface area (TPSA) is 37.4 Å². The fraction of sp³-hybridized carbons (Fsp3) is 0.444. The number of Topliss-reactive ketones (excluding diaryl/α,β-unsaturated/α-hetero) is 1. The second kappa shape index (κ2) is 6.60. The highest BCUT2D eigenvalue weighted by Gasteiger charge is 2.31. The lowest BCUT2D eigenvalue weighted by Crippen LogP contribution is -2.43. The number of hydrogen-bond acceptors (Lipinski definition) is 2. The van der Waals surface area contributed by atoms with Gasteiger partial charge in [0.25, 0.3) is 0 Å². The van der Waals surface area contributed by atoms with Gasteiger partial charge >= 0.3 is 0 Å². The van der Waals surface area contributed by atoms with Crippen LogP contribution in [0.25, 0.3) is 0 Å². The number of carbonyl (C=O) groups is 2. The Hall–Kier alpha value is -2.04. The molecular weight excluding hydrogens is 300 g/mol. The maximum absolute atomic E-state index is 13.8. The van der Waals surface area contributed by atoms with Gasteiger partial charge in [-0.15, -0.1) is 0 Å². The predicted molar refractivity (Wildman–Crippen MR) is 81.9 cm³/mol. The van der Waals surface area contributed by atoms with Gasteiger partial charge in [-0.05, 0) is 50.3 Å². The van der Waals surface area contributed by atoms with Gasteiger partial charge in [-0.2, -0.15) is 0 Å². The van der Waals surface area contributed by atoms with E-state index in [2.05, 4.69) is 0 Å². The Morgan fingerprint density at radius 1 is 1.17 bits per heavy atom. The van der Waals surface area contributed by atoms with Crippen LogP contribution < -0.4 is 0 Å². The molecule has 0 radical (unpaired) electrons. The highest BCUT2D eigenvalue weighted by molar-refractivity contribution is 5.99. The van der Waals surface area contributed by atoms with Crippen LogP contribution in [-0.2, 0) is 4.79 Å². The highest BCUT2D eigenvalue weighted by atomic mass is 19.1. The number of rotatable bonds is 3. The molecule has 1 amide bonds. The standard InChI is InChI=1S/C18H19F2NO2/c19-14-7-8-16(20)15(10-14)17(22)13-6-3-9-21(11-13)18(23)12-4-1-2-5-12/h4,7-8,10,13H,1-3,5-6,9,11H2/t13-/m1/s1. The molecule has 0 bridgehead atoms. The molecule has 122 valence electrons. The molecule has 0 saturated carbocycles. The van der Waals surface area contributed by atoms with Crippen molar-refractivity contribution in [1.29, 1.82) is 0 Å². The summed E-state index contributed by atoms with van der Waals surface area (Å²) in [6.07, 6.45) is 5.95. The van der Waals surface area contributed by atoms with E-state index in [9.17, 15) is 18.4 Å². The summed E-state index contributed by atoms with van der Waals surface area (Å²) in [5, 5.41) is 0. The molecule has 1 aliphatic carbocycles. The summed E-state index contributed by atoms with van der Waals surface area (Å²) >= 11 is 0. The summed E-state index contributed by atoms with van der Waals surface area (Å²) < 4.78 is 27.1. The average Bonchev–Trinajstić information content (AvgIpc) is 3.10. The third-order valence-corrected chi connectivity index (χ3v) is 4.59. The van der Waals surface area contributed by atoms with Crippen molar-refractivity contribution in [3.05, 3.63) is 47.0 Å². The number of allylic oxidation sites excluding steroid dienone is 1. The van der Waals surface area contributed by atoms with Crippen LogP contribution in [0.2, 0.25) is 0 Å². The van der Waals surface area contributed by atoms with Crippen LogP contribution in [0, 0.1) is 17.6 Å². The largest absolute Gasteiger partial charge is 0.338 e. The van der Waals surface area contributed by atoms with E-state index in [1.54, 1.807) is 4.90 Å². The molecule has 1 heterocycles. The molecule has 1 atom stereocenters. The maximum Gasteiger partial charge on any atom is 0.249 e. The zero-order chi connectivity index (χ0) is 16.4. The van der Waals surface area contributed by atoms with Gasteiger partial charge in [0.05, 0.1) is 5.56 Å². The molecule has 2 aliphatic rings. The molecular formula is C18H19F2NO2. The molecule has 0 unspecified atom stereocenters. The van der Waals surface area contributed by atoms with E-state index in [1.165, 1.54) is 0 Å². The molecule has 1 saturated heterocycles. The second-order valence-corrected chi connectivity index (χ2v) is 6.20. The third-order valence-electron chi connectivity index (χ3n) is 4.59. The first kappa shape index (κ1) is 15.8. The lowest BCUT2D eigenvalue weighted by molar-refractivity contribution is -0.128. The predicted octanol–water partition coefficient (Wildman–Crippen LogP) is 3.50. The van der Waals surface area contributed by atoms with E-state index >= 15 is 0 Å². The summed E-state index contributed by atoms with van der Waals surface area (Å²) in [7, 11) is 0. The zero-order valence-corrected chi connectivity index (χ0v) is 12.9. The van der Waals surface area contributed by atoms with Crippen LogP contribution in [0.1, 0.15) is 42.5 Å². The van der Waals surface area contributed by atoms with Crippen LogP contribution in [-0.4, -0.2) is 29.7 Å². The summed E-state index contributed by atoms with van der Waals surface area (Å²) in [6.45, 7) is 0.899. The molecule has 5 heteroatoms. The van der Waals surface area contributed by atoms with E-state index in [1.807, 2.05) is 6.08 Å². The lowest BCUT2D eigenvalue weighted by atomic mass is 9.89.